The number of nitrogens with two attached hydrogens (primary N) is 3. The number of carbonyl (C=O) groups excluding carboxylic acids is 11. The Kier molecular flexibility index (Phi) is 43.3. The average molecular weight is 1950 g/mol. The molecular formula is C112H157N7O22. The Morgan fingerprint density at radius 3 is 0.752 bits per heavy atom. The second-order valence-electron chi connectivity index (χ2n) is 43.0. The Morgan fingerprint density at radius 1 is 0.284 bits per heavy atom. The molecule has 0 bridgehead atoms. The lowest BCUT2D eigenvalue weighted by Gasteiger charge is -2.23. The fraction of sp³-hybridized carbons (Fsp3) is 0.607. The summed E-state index contributed by atoms with van der Waals surface area (Å²) in [4.78, 5) is 169. The number of carboxylic acids is 3. The molecule has 4 amide bonds. The predicted molar refractivity (Wildman–Crippen MR) is 535 cm³/mol. The Hall–Kier alpha value is -10.2. The van der Waals surface area contributed by atoms with Gasteiger partial charge in [-0.3, -0.25) is 67.1 Å². The monoisotopic (exact) mass is 1950 g/mol. The van der Waals surface area contributed by atoms with Gasteiger partial charge in [-0.25, -0.2) is 0 Å². The van der Waals surface area contributed by atoms with E-state index < -0.39 is 88.2 Å². The zero-order chi connectivity index (χ0) is 103. The third-order valence-corrected chi connectivity index (χ3v) is 27.7. The van der Waals surface area contributed by atoms with Crippen molar-refractivity contribution in [3.8, 4) is 0 Å². The SMILES string of the molecule is CC(C)C(=O)C[C@@H](CC1CC1)C(=O)N[C@@H](Cc1ccccc1)C(=O)[C@@]1(C)CO1.CC(C)C(=O)C[C@@H](CC1CC1)C(=O)N[C@@H](Cc1ccccc1)C(=O)[C@@]1(C)CO1.CC(C)C(=O)O.C[C@@H](CC1CC1)C(=O)N[C@@H](Cc1ccccc1)C(=O)[C@@]1(C)CO1.C[C@@H](CC1CC1)C(=O)O.C[C@]1(C(=O)[C@@H](N)Cc2ccccc2)CO1.C[C@]1(C(=O)[C@H](Cc2ccccc2)NC(=O)[C@@H](N)CC2CC2)CO1.N[C@@H](CC1CC1)C(=O)O. The first kappa shape index (κ1) is 114. The van der Waals surface area contributed by atoms with Crippen LogP contribution in [0.5, 0.6) is 0 Å². The van der Waals surface area contributed by atoms with Crippen LogP contribution < -0.4 is 38.5 Å². The maximum atomic E-state index is 13.1. The molecule has 29 heteroatoms. The van der Waals surface area contributed by atoms with Crippen LogP contribution in [0.1, 0.15) is 246 Å². The van der Waals surface area contributed by atoms with Gasteiger partial charge in [-0.1, -0.05) is 284 Å². The van der Waals surface area contributed by atoms with E-state index in [2.05, 4.69) is 21.3 Å². The molecule has 11 aliphatic rings. The number of hydrogen-bond donors (Lipinski definition) is 10. The van der Waals surface area contributed by atoms with E-state index in [1.165, 1.54) is 38.5 Å². The minimum atomic E-state index is -0.873. The van der Waals surface area contributed by atoms with Gasteiger partial charge < -0.3 is 77.5 Å². The standard InChI is InChI=1S/2C23H31NO4.C19H25NO3.C18H24N2O3.C12H15NO2.C7H12O2.C6H11NO2.C4H8O2/c2*1-15(2)20(25)13-18(11-17-9-10-17)22(27)24-19(21(26)23(3)14-28-23)12-16-7-5-4-6-8-16;1-13(10-15-8-9-15)18(22)20-16(17(21)19(2)12-23-19)11-14-6-4-3-5-7-14;1-18(11-23-18)16(21)15(10-12-5-3-2-4-6-12)20-17(22)14(19)9-13-7-8-13;1-12(8-15-12)11(14)10(13)7-9-5-3-2-4-6-9;1-5(7(8)9)4-6-2-3-6;7-5(6(8)9)3-4-1-2-4;1-3(2)4(5)6/h2*4-8,15,17-19H,9-14H2,1-3H3,(H,24,27);3-7,13,15-16H,8-12H2,1-2H3,(H,20,22);2-6,13-15H,7-11,19H2,1H3,(H,20,22);2-6,10H,7-8,13H2,1H3;5-6H,2-4H2,1H3,(H,8,9);4-5H,1-3,7H2,(H,8,9);3H,1-2H3,(H,5,6)/t2*18-,19+,23-;13-,16-,19+;14-,15-,18+;10-,12+;2*5-;/m1100000./s1. The van der Waals surface area contributed by atoms with Gasteiger partial charge in [0.1, 0.15) is 45.6 Å². The van der Waals surface area contributed by atoms with Gasteiger partial charge in [-0.2, -0.15) is 0 Å². The van der Waals surface area contributed by atoms with E-state index in [0.29, 0.717) is 108 Å². The number of carboxylic acid groups (broad SMARTS) is 3. The quantitative estimate of drug-likeness (QED) is 0.0162. The van der Waals surface area contributed by atoms with E-state index in [0.717, 1.165) is 97.9 Å². The van der Waals surface area contributed by atoms with Crippen LogP contribution in [0.2, 0.25) is 0 Å². The van der Waals surface area contributed by atoms with Crippen molar-refractivity contribution >= 4 is 82.0 Å². The number of carbonyl (C=O) groups is 14. The Balaban J connectivity index is 0.000000187. The minimum absolute atomic E-state index is 0.00588. The molecule has 13 N–H and O–H groups in total. The van der Waals surface area contributed by atoms with Crippen molar-refractivity contribution < 1.29 is 106 Å². The number of amides is 4. The van der Waals surface area contributed by atoms with Crippen molar-refractivity contribution in [2.45, 2.75) is 321 Å². The van der Waals surface area contributed by atoms with Crippen molar-refractivity contribution in [2.75, 3.05) is 33.0 Å². The van der Waals surface area contributed by atoms with Crippen LogP contribution in [0.3, 0.4) is 0 Å². The van der Waals surface area contributed by atoms with Crippen LogP contribution in [0.15, 0.2) is 152 Å². The van der Waals surface area contributed by atoms with E-state index in [1.54, 1.807) is 55.4 Å². The molecule has 5 saturated heterocycles. The number of aliphatic carboxylic acids is 3. The molecule has 11 fully saturated rings. The summed E-state index contributed by atoms with van der Waals surface area (Å²) in [6.07, 6.45) is 21.6. The predicted octanol–water partition coefficient (Wildman–Crippen LogP) is 13.3. The molecule has 0 radical (unpaired) electrons. The molecule has 0 spiro atoms. The lowest BCUT2D eigenvalue weighted by Crippen LogP contribution is -2.52. The first-order valence-electron chi connectivity index (χ1n) is 51.0. The van der Waals surface area contributed by atoms with Crippen molar-refractivity contribution in [1.29, 1.82) is 0 Å². The smallest absolute Gasteiger partial charge is 0.320 e. The zero-order valence-electron chi connectivity index (χ0n) is 85.0. The number of rotatable bonds is 49. The number of hydrogen-bond acceptors (Lipinski definition) is 22. The highest BCUT2D eigenvalue weighted by atomic mass is 16.6. The van der Waals surface area contributed by atoms with E-state index in [-0.39, 0.29) is 118 Å². The van der Waals surface area contributed by atoms with Gasteiger partial charge >= 0.3 is 17.9 Å². The number of epoxide rings is 5. The van der Waals surface area contributed by atoms with Crippen LogP contribution in [-0.4, -0.2) is 201 Å². The molecule has 0 aromatic heterocycles. The van der Waals surface area contributed by atoms with E-state index in [9.17, 15) is 67.1 Å². The summed E-state index contributed by atoms with van der Waals surface area (Å²) >= 11 is 0. The van der Waals surface area contributed by atoms with Gasteiger partial charge in [-0.05, 0) is 169 Å². The number of ketones is 7. The molecule has 5 heterocycles. The van der Waals surface area contributed by atoms with Gasteiger partial charge in [0.2, 0.25) is 23.6 Å². The molecule has 5 aromatic rings. The highest BCUT2D eigenvalue weighted by molar-refractivity contribution is 6.00. The summed E-state index contributed by atoms with van der Waals surface area (Å²) in [5.41, 5.74) is 18.5. The van der Waals surface area contributed by atoms with E-state index in [4.69, 9.17) is 56.2 Å². The van der Waals surface area contributed by atoms with E-state index in [1.807, 2.05) is 186 Å². The summed E-state index contributed by atoms with van der Waals surface area (Å²) < 4.78 is 26.3. The second kappa shape index (κ2) is 53.4. The molecule has 6 saturated carbocycles. The highest BCUT2D eigenvalue weighted by Crippen LogP contribution is 2.42. The second-order valence-corrected chi connectivity index (χ2v) is 43.0. The van der Waals surface area contributed by atoms with Crippen LogP contribution in [0.25, 0.3) is 0 Å². The molecule has 0 unspecified atom stereocenters. The topological polar surface area (TPSA) is 488 Å². The molecule has 16 atom stereocenters. The molecule has 6 aliphatic carbocycles. The largest absolute Gasteiger partial charge is 0.481 e. The maximum Gasteiger partial charge on any atom is 0.320 e. The van der Waals surface area contributed by atoms with Crippen molar-refractivity contribution in [2.24, 2.45) is 94.1 Å². The Morgan fingerprint density at radius 2 is 0.511 bits per heavy atom. The van der Waals surface area contributed by atoms with Crippen LogP contribution in [0, 0.1) is 76.9 Å². The first-order valence-corrected chi connectivity index (χ1v) is 51.0. The number of ether oxygens (including phenoxy) is 5. The minimum Gasteiger partial charge on any atom is -0.481 e. The highest BCUT2D eigenvalue weighted by Gasteiger charge is 2.55. The van der Waals surface area contributed by atoms with E-state index >= 15 is 0 Å². The van der Waals surface area contributed by atoms with Crippen LogP contribution in [-0.2, 0) is 123 Å². The van der Waals surface area contributed by atoms with Crippen LogP contribution in [0.4, 0.5) is 0 Å². The average Bonchev–Trinajstić information content (AvgIpc) is 1.64. The Labute approximate surface area is 832 Å². The normalized spacial score (nSPS) is 23.4. The van der Waals surface area contributed by atoms with Crippen molar-refractivity contribution in [1.82, 2.24) is 21.3 Å². The molecular weight excluding hydrogens is 1800 g/mol. The summed E-state index contributed by atoms with van der Waals surface area (Å²) in [6, 6.07) is 44.6. The van der Waals surface area contributed by atoms with Gasteiger partial charge in [0, 0.05) is 42.4 Å². The number of benzene rings is 5. The summed E-state index contributed by atoms with van der Waals surface area (Å²) in [5.74, 6) is -0.581. The molecule has 141 heavy (non-hydrogen) atoms. The van der Waals surface area contributed by atoms with Crippen molar-refractivity contribution in [3.63, 3.8) is 0 Å². The zero-order valence-corrected chi connectivity index (χ0v) is 85.0. The third kappa shape index (κ3) is 41.2. The van der Waals surface area contributed by atoms with Gasteiger partial charge in [0.25, 0.3) is 0 Å². The Bertz CT molecular complexity index is 4670. The number of nitrogens with one attached hydrogen (secondary N) is 4. The lowest BCUT2D eigenvalue weighted by atomic mass is 9.89. The van der Waals surface area contributed by atoms with Crippen LogP contribution >= 0.6 is 0 Å². The maximum absolute atomic E-state index is 13.1. The molecule has 5 aliphatic heterocycles. The summed E-state index contributed by atoms with van der Waals surface area (Å²) in [7, 11) is 0. The summed E-state index contributed by atoms with van der Waals surface area (Å²) in [6.45, 7) is 25.5. The molecule has 29 nitrogen and oxygen atoms in total. The fourth-order valence-electron chi connectivity index (χ4n) is 16.1. The first-order chi connectivity index (χ1) is 66.7. The lowest BCUT2D eigenvalue weighted by molar-refractivity contribution is -0.142. The van der Waals surface area contributed by atoms with Crippen molar-refractivity contribution in [3.05, 3.63) is 179 Å². The number of Topliss-reactive ketones (excluding diaryl/α,β-unsaturated/α-hetero) is 7. The fourth-order valence-corrected chi connectivity index (χ4v) is 16.1. The molecule has 16 rings (SSSR count). The third-order valence-electron chi connectivity index (χ3n) is 27.7. The molecule has 772 valence electrons. The summed E-state index contributed by atoms with van der Waals surface area (Å²) in [5, 5.41) is 36.5. The van der Waals surface area contributed by atoms with Gasteiger partial charge in [-0.15, -0.1) is 0 Å². The van der Waals surface area contributed by atoms with Gasteiger partial charge in [0.05, 0.1) is 81.1 Å². The van der Waals surface area contributed by atoms with Gasteiger partial charge in [0.15, 0.2) is 28.9 Å². The molecule has 5 aromatic carbocycles.